The molecule has 0 fully saturated rings. The van der Waals surface area contributed by atoms with Gasteiger partial charge in [-0.15, -0.1) is 0 Å². The SMILES string of the molecule is CCCCCC(C)(C)N=C/C(=C\[Si](C)(C)c1ccccc1)c1ccccc1. The highest BCUT2D eigenvalue weighted by molar-refractivity contribution is 6.94. The van der Waals surface area contributed by atoms with Gasteiger partial charge < -0.3 is 0 Å². The number of hydrogen-bond acceptors (Lipinski definition) is 1. The lowest BCUT2D eigenvalue weighted by molar-refractivity contribution is 0.453. The predicted molar refractivity (Wildman–Crippen MR) is 125 cm³/mol. The molecule has 2 aromatic carbocycles. The van der Waals surface area contributed by atoms with E-state index >= 15 is 0 Å². The average Bonchev–Trinajstić information content (AvgIpc) is 2.66. The molecular weight excluding hydrogens is 342 g/mol. The van der Waals surface area contributed by atoms with Gasteiger partial charge in [0.15, 0.2) is 0 Å². The number of rotatable bonds is 9. The van der Waals surface area contributed by atoms with E-state index in [0.29, 0.717) is 0 Å². The van der Waals surface area contributed by atoms with Gasteiger partial charge in [-0.05, 0) is 31.4 Å². The first-order chi connectivity index (χ1) is 12.8. The largest absolute Gasteiger partial charge is 0.287 e. The molecule has 0 heterocycles. The van der Waals surface area contributed by atoms with Crippen molar-refractivity contribution in [3.63, 3.8) is 0 Å². The van der Waals surface area contributed by atoms with Crippen LogP contribution in [-0.2, 0) is 0 Å². The number of benzene rings is 2. The lowest BCUT2D eigenvalue weighted by Crippen LogP contribution is -2.39. The Morgan fingerprint density at radius 3 is 2.11 bits per heavy atom. The summed E-state index contributed by atoms with van der Waals surface area (Å²) in [5.74, 6) is 0. The first kappa shape index (κ1) is 21.4. The van der Waals surface area contributed by atoms with Gasteiger partial charge in [-0.2, -0.15) is 0 Å². The molecule has 1 nitrogen and oxygen atoms in total. The first-order valence-corrected chi connectivity index (χ1v) is 13.3. The van der Waals surface area contributed by atoms with Crippen molar-refractivity contribution >= 4 is 25.0 Å². The molecular formula is C25H35NSi. The third kappa shape index (κ3) is 6.95. The van der Waals surface area contributed by atoms with Crippen LogP contribution in [0.1, 0.15) is 52.0 Å². The summed E-state index contributed by atoms with van der Waals surface area (Å²) < 4.78 is 0. The van der Waals surface area contributed by atoms with Gasteiger partial charge >= 0.3 is 0 Å². The number of unbranched alkanes of at least 4 members (excludes halogenated alkanes) is 2. The zero-order chi connectivity index (χ0) is 19.8. The van der Waals surface area contributed by atoms with Crippen LogP contribution in [0.25, 0.3) is 5.57 Å². The molecule has 0 N–H and O–H groups in total. The summed E-state index contributed by atoms with van der Waals surface area (Å²) in [6, 6.07) is 21.6. The molecule has 0 atom stereocenters. The highest BCUT2D eigenvalue weighted by atomic mass is 28.3. The highest BCUT2D eigenvalue weighted by Crippen LogP contribution is 2.22. The van der Waals surface area contributed by atoms with Crippen molar-refractivity contribution in [1.82, 2.24) is 0 Å². The number of aliphatic imine (C=N–C) groups is 1. The maximum Gasteiger partial charge on any atom is 0.104 e. The van der Waals surface area contributed by atoms with Crippen LogP contribution in [0.15, 0.2) is 71.4 Å². The van der Waals surface area contributed by atoms with Crippen molar-refractivity contribution < 1.29 is 0 Å². The molecule has 0 aliphatic heterocycles. The van der Waals surface area contributed by atoms with Gasteiger partial charge in [-0.3, -0.25) is 4.99 Å². The molecule has 0 unspecified atom stereocenters. The van der Waals surface area contributed by atoms with Crippen molar-refractivity contribution in [1.29, 1.82) is 0 Å². The van der Waals surface area contributed by atoms with E-state index in [0.717, 1.165) is 6.42 Å². The van der Waals surface area contributed by atoms with Crippen molar-refractivity contribution in [2.75, 3.05) is 0 Å². The van der Waals surface area contributed by atoms with Gasteiger partial charge in [0.2, 0.25) is 0 Å². The Hall–Kier alpha value is -1.93. The molecule has 2 aromatic rings. The summed E-state index contributed by atoms with van der Waals surface area (Å²) in [5.41, 5.74) is 4.98. The molecule has 0 saturated heterocycles. The molecule has 0 radical (unpaired) electrons. The van der Waals surface area contributed by atoms with E-state index in [1.807, 2.05) is 0 Å². The van der Waals surface area contributed by atoms with E-state index in [2.05, 4.69) is 106 Å². The van der Waals surface area contributed by atoms with E-state index < -0.39 is 8.07 Å². The average molecular weight is 378 g/mol. The van der Waals surface area contributed by atoms with Crippen LogP contribution in [0.4, 0.5) is 0 Å². The summed E-state index contributed by atoms with van der Waals surface area (Å²) in [6.07, 6.45) is 7.05. The molecule has 144 valence electrons. The smallest absolute Gasteiger partial charge is 0.104 e. The zero-order valence-electron chi connectivity index (χ0n) is 17.7. The van der Waals surface area contributed by atoms with Crippen LogP contribution < -0.4 is 5.19 Å². The Morgan fingerprint density at radius 1 is 0.926 bits per heavy atom. The summed E-state index contributed by atoms with van der Waals surface area (Å²) >= 11 is 0. The van der Waals surface area contributed by atoms with Crippen LogP contribution in [0.3, 0.4) is 0 Å². The Bertz CT molecular complexity index is 742. The summed E-state index contributed by atoms with van der Waals surface area (Å²) in [4.78, 5) is 5.01. The topological polar surface area (TPSA) is 12.4 Å². The molecule has 0 amide bonds. The third-order valence-electron chi connectivity index (χ3n) is 5.09. The van der Waals surface area contributed by atoms with Gasteiger partial charge in [0.1, 0.15) is 8.07 Å². The highest BCUT2D eigenvalue weighted by Gasteiger charge is 2.22. The molecule has 0 bridgehead atoms. The Kier molecular flexibility index (Phi) is 7.79. The summed E-state index contributed by atoms with van der Waals surface area (Å²) in [5, 5.41) is 1.45. The number of allylic oxidation sites excluding steroid dienone is 1. The van der Waals surface area contributed by atoms with Crippen LogP contribution in [-0.4, -0.2) is 19.8 Å². The maximum atomic E-state index is 5.01. The molecule has 0 spiro atoms. The lowest BCUT2D eigenvalue weighted by atomic mass is 9.97. The fourth-order valence-corrected chi connectivity index (χ4v) is 5.52. The second kappa shape index (κ2) is 9.84. The Balaban J connectivity index is 2.34. The monoisotopic (exact) mass is 377 g/mol. The molecule has 0 saturated carbocycles. The maximum absolute atomic E-state index is 5.01. The van der Waals surface area contributed by atoms with Gasteiger partial charge in [0.05, 0.1) is 5.54 Å². The lowest BCUT2D eigenvalue weighted by Gasteiger charge is -2.22. The van der Waals surface area contributed by atoms with E-state index in [4.69, 9.17) is 4.99 Å². The zero-order valence-corrected chi connectivity index (χ0v) is 18.7. The molecule has 0 aromatic heterocycles. The second-order valence-corrected chi connectivity index (χ2v) is 12.9. The summed E-state index contributed by atoms with van der Waals surface area (Å²) in [6.45, 7) is 11.6. The van der Waals surface area contributed by atoms with E-state index in [9.17, 15) is 0 Å². The molecule has 2 rings (SSSR count). The minimum Gasteiger partial charge on any atom is -0.287 e. The van der Waals surface area contributed by atoms with Crippen LogP contribution >= 0.6 is 0 Å². The quantitative estimate of drug-likeness (QED) is 0.263. The minimum absolute atomic E-state index is 0.0124. The van der Waals surface area contributed by atoms with Crippen molar-refractivity contribution in [3.05, 3.63) is 71.9 Å². The van der Waals surface area contributed by atoms with Crippen molar-refractivity contribution in [2.24, 2.45) is 4.99 Å². The van der Waals surface area contributed by atoms with Gasteiger partial charge in [0.25, 0.3) is 0 Å². The fourth-order valence-electron chi connectivity index (χ4n) is 3.28. The van der Waals surface area contributed by atoms with Crippen LogP contribution in [0.5, 0.6) is 0 Å². The van der Waals surface area contributed by atoms with Crippen LogP contribution in [0, 0.1) is 0 Å². The fraction of sp³-hybridized carbons (Fsp3) is 0.400. The molecule has 0 aliphatic carbocycles. The Labute approximate surface area is 167 Å². The van der Waals surface area contributed by atoms with E-state index in [-0.39, 0.29) is 5.54 Å². The third-order valence-corrected chi connectivity index (χ3v) is 7.94. The van der Waals surface area contributed by atoms with Gasteiger partial charge in [-0.25, -0.2) is 0 Å². The second-order valence-electron chi connectivity index (χ2n) is 8.58. The minimum atomic E-state index is -1.71. The van der Waals surface area contributed by atoms with Gasteiger partial charge in [-0.1, -0.05) is 111 Å². The normalized spacial score (nSPS) is 13.3. The van der Waals surface area contributed by atoms with Gasteiger partial charge in [0, 0.05) is 6.21 Å². The number of hydrogen-bond donors (Lipinski definition) is 0. The van der Waals surface area contributed by atoms with Crippen molar-refractivity contribution in [3.8, 4) is 0 Å². The van der Waals surface area contributed by atoms with E-state index in [1.165, 1.54) is 35.6 Å². The van der Waals surface area contributed by atoms with E-state index in [1.54, 1.807) is 0 Å². The summed E-state index contributed by atoms with van der Waals surface area (Å²) in [7, 11) is -1.71. The molecule has 27 heavy (non-hydrogen) atoms. The van der Waals surface area contributed by atoms with Crippen molar-refractivity contribution in [2.45, 2.75) is 65.1 Å². The number of nitrogens with zero attached hydrogens (tertiary/aromatic N) is 1. The molecule has 2 heteroatoms. The van der Waals surface area contributed by atoms with Crippen LogP contribution in [0.2, 0.25) is 13.1 Å². The standard InChI is InChI=1S/C25H35NSi/c1-6-7-14-19-25(2,3)26-20-23(22-15-10-8-11-16-22)21-27(4,5)24-17-12-9-13-18-24/h8-13,15-18,20-21H,6-7,14,19H2,1-5H3/b23-21+,26-20?. The first-order valence-electron chi connectivity index (χ1n) is 10.2. The predicted octanol–water partition coefficient (Wildman–Crippen LogP) is 6.65. The Morgan fingerprint density at radius 2 is 1.52 bits per heavy atom. The molecule has 0 aliphatic rings.